The normalized spacial score (nSPS) is 24.0. The predicted octanol–water partition coefficient (Wildman–Crippen LogP) is 5.15. The summed E-state index contributed by atoms with van der Waals surface area (Å²) in [5.41, 5.74) is 2.90. The Morgan fingerprint density at radius 1 is 1.06 bits per heavy atom. The molecule has 0 bridgehead atoms. The molecule has 2 aliphatic carbocycles. The van der Waals surface area contributed by atoms with Gasteiger partial charge < -0.3 is 14.2 Å². The fourth-order valence-corrected chi connectivity index (χ4v) is 5.30. The molecule has 32 heavy (non-hydrogen) atoms. The van der Waals surface area contributed by atoms with Gasteiger partial charge in [0.05, 0.1) is 25.2 Å². The van der Waals surface area contributed by atoms with Gasteiger partial charge in [0, 0.05) is 23.7 Å². The van der Waals surface area contributed by atoms with Crippen molar-refractivity contribution in [3.63, 3.8) is 0 Å². The Hall–Kier alpha value is -2.63. The number of aliphatic imine (C=N–C) groups is 1. The van der Waals surface area contributed by atoms with Crippen LogP contribution < -0.4 is 9.47 Å². The Labute approximate surface area is 190 Å². The lowest BCUT2D eigenvalue weighted by Crippen LogP contribution is -2.39. The first-order chi connectivity index (χ1) is 15.5. The van der Waals surface area contributed by atoms with Gasteiger partial charge in [0.2, 0.25) is 0 Å². The summed E-state index contributed by atoms with van der Waals surface area (Å²) in [6.45, 7) is 4.30. The second kappa shape index (κ2) is 9.88. The molecular formula is C26H33NO5. The van der Waals surface area contributed by atoms with Crippen LogP contribution in [-0.2, 0) is 14.3 Å². The molecule has 1 unspecified atom stereocenters. The number of ketones is 1. The van der Waals surface area contributed by atoms with Crippen LogP contribution in [0.1, 0.15) is 76.7 Å². The van der Waals surface area contributed by atoms with E-state index in [0.717, 1.165) is 49.8 Å². The number of allylic oxidation sites excluding steroid dienone is 1. The number of methoxy groups -OCH3 is 1. The van der Waals surface area contributed by atoms with E-state index in [-0.39, 0.29) is 17.9 Å². The quantitative estimate of drug-likeness (QED) is 0.573. The van der Waals surface area contributed by atoms with Crippen molar-refractivity contribution in [3.05, 3.63) is 35.0 Å². The number of ether oxygens (including phenoxy) is 3. The molecule has 2 atom stereocenters. The molecule has 6 nitrogen and oxygen atoms in total. The van der Waals surface area contributed by atoms with Gasteiger partial charge in [-0.2, -0.15) is 0 Å². The number of fused-ring (bicyclic) bond motifs is 1. The molecule has 0 saturated heterocycles. The zero-order valence-electron chi connectivity index (χ0n) is 19.3. The number of hydrogen-bond acceptors (Lipinski definition) is 6. The third kappa shape index (κ3) is 4.45. The lowest BCUT2D eigenvalue weighted by Gasteiger charge is -2.36. The third-order valence-electron chi connectivity index (χ3n) is 6.80. The van der Waals surface area contributed by atoms with Crippen molar-refractivity contribution in [2.24, 2.45) is 10.9 Å². The molecule has 0 spiro atoms. The number of carbonyl (C=O) groups is 2. The van der Waals surface area contributed by atoms with Gasteiger partial charge in [0.25, 0.3) is 0 Å². The van der Waals surface area contributed by atoms with Crippen molar-refractivity contribution >= 4 is 17.5 Å². The van der Waals surface area contributed by atoms with E-state index in [4.69, 9.17) is 19.2 Å². The SMILES string of the molecule is CCOc1ccc([C@@H]2C(C(=O)OC3CCCCC3)=C(C)N=C3CCCC(=O)C32)cc1OC. The van der Waals surface area contributed by atoms with Gasteiger partial charge in [-0.05, 0) is 70.1 Å². The van der Waals surface area contributed by atoms with Crippen molar-refractivity contribution in [2.75, 3.05) is 13.7 Å². The molecular weight excluding hydrogens is 406 g/mol. The minimum Gasteiger partial charge on any atom is -0.493 e. The van der Waals surface area contributed by atoms with Crippen molar-refractivity contribution < 1.29 is 23.8 Å². The van der Waals surface area contributed by atoms with E-state index in [2.05, 4.69) is 0 Å². The molecule has 3 aliphatic rings. The van der Waals surface area contributed by atoms with Crippen LogP contribution in [0.25, 0.3) is 0 Å². The number of Topliss-reactive ketones (excluding diaryl/α,β-unsaturated/α-hetero) is 1. The standard InChI is InChI=1S/C26H33NO5/c1-4-31-21-14-13-17(15-22(21)30-3)24-23(26(29)32-18-9-6-5-7-10-18)16(2)27-19-11-8-12-20(28)25(19)24/h13-15,18,24-25H,4-12H2,1-3H3/t24-,25?/m1/s1. The summed E-state index contributed by atoms with van der Waals surface area (Å²) in [6, 6.07) is 5.68. The molecule has 6 heteroatoms. The highest BCUT2D eigenvalue weighted by Crippen LogP contribution is 2.45. The molecule has 1 aromatic carbocycles. The van der Waals surface area contributed by atoms with Crippen LogP contribution in [0.2, 0.25) is 0 Å². The van der Waals surface area contributed by atoms with Gasteiger partial charge >= 0.3 is 5.97 Å². The molecule has 1 heterocycles. The molecule has 4 rings (SSSR count). The number of hydrogen-bond donors (Lipinski definition) is 0. The number of esters is 1. The highest BCUT2D eigenvalue weighted by Gasteiger charge is 2.44. The summed E-state index contributed by atoms with van der Waals surface area (Å²) in [5.74, 6) is 0.191. The highest BCUT2D eigenvalue weighted by molar-refractivity contribution is 6.11. The van der Waals surface area contributed by atoms with Crippen LogP contribution in [0.4, 0.5) is 0 Å². The maximum Gasteiger partial charge on any atom is 0.336 e. The van der Waals surface area contributed by atoms with Crippen LogP contribution >= 0.6 is 0 Å². The van der Waals surface area contributed by atoms with E-state index in [1.165, 1.54) is 6.42 Å². The molecule has 2 saturated carbocycles. The molecule has 1 aromatic rings. The van der Waals surface area contributed by atoms with Gasteiger partial charge in [0.1, 0.15) is 11.9 Å². The number of carbonyl (C=O) groups excluding carboxylic acids is 2. The third-order valence-corrected chi connectivity index (χ3v) is 6.80. The molecule has 2 fully saturated rings. The molecule has 0 amide bonds. The topological polar surface area (TPSA) is 74.2 Å². The number of benzene rings is 1. The minimum absolute atomic E-state index is 0.0560. The van der Waals surface area contributed by atoms with E-state index in [9.17, 15) is 9.59 Å². The van der Waals surface area contributed by atoms with E-state index in [1.54, 1.807) is 7.11 Å². The molecule has 0 N–H and O–H groups in total. The number of rotatable bonds is 6. The first-order valence-electron chi connectivity index (χ1n) is 11.9. The van der Waals surface area contributed by atoms with Gasteiger partial charge in [-0.1, -0.05) is 12.5 Å². The van der Waals surface area contributed by atoms with Gasteiger partial charge in [0.15, 0.2) is 11.5 Å². The van der Waals surface area contributed by atoms with Crippen molar-refractivity contribution in [1.82, 2.24) is 0 Å². The van der Waals surface area contributed by atoms with Crippen LogP contribution in [0.3, 0.4) is 0 Å². The van der Waals surface area contributed by atoms with Crippen LogP contribution in [0, 0.1) is 5.92 Å². The summed E-state index contributed by atoms with van der Waals surface area (Å²) in [4.78, 5) is 31.3. The highest BCUT2D eigenvalue weighted by atomic mass is 16.5. The summed E-state index contributed by atoms with van der Waals surface area (Å²) in [6.07, 6.45) is 7.20. The predicted molar refractivity (Wildman–Crippen MR) is 122 cm³/mol. The Morgan fingerprint density at radius 2 is 1.84 bits per heavy atom. The summed E-state index contributed by atoms with van der Waals surface area (Å²) < 4.78 is 17.2. The van der Waals surface area contributed by atoms with Crippen LogP contribution in [-0.4, -0.2) is 37.3 Å². The Balaban J connectivity index is 1.75. The van der Waals surface area contributed by atoms with E-state index in [1.807, 2.05) is 32.0 Å². The van der Waals surface area contributed by atoms with E-state index >= 15 is 0 Å². The average molecular weight is 440 g/mol. The monoisotopic (exact) mass is 439 g/mol. The largest absolute Gasteiger partial charge is 0.493 e. The fourth-order valence-electron chi connectivity index (χ4n) is 5.30. The van der Waals surface area contributed by atoms with Gasteiger partial charge in [-0.25, -0.2) is 4.79 Å². The van der Waals surface area contributed by atoms with Gasteiger partial charge in [-0.15, -0.1) is 0 Å². The van der Waals surface area contributed by atoms with Crippen molar-refractivity contribution in [3.8, 4) is 11.5 Å². The fraction of sp³-hybridized carbons (Fsp3) is 0.577. The first kappa shape index (κ1) is 22.6. The van der Waals surface area contributed by atoms with E-state index < -0.39 is 11.8 Å². The molecule has 172 valence electrons. The lowest BCUT2D eigenvalue weighted by atomic mass is 9.69. The summed E-state index contributed by atoms with van der Waals surface area (Å²) in [7, 11) is 1.60. The maximum absolute atomic E-state index is 13.4. The Morgan fingerprint density at radius 3 is 2.56 bits per heavy atom. The summed E-state index contributed by atoms with van der Waals surface area (Å²) in [5, 5.41) is 0. The second-order valence-electron chi connectivity index (χ2n) is 8.89. The Bertz CT molecular complexity index is 942. The Kier molecular flexibility index (Phi) is 6.97. The van der Waals surface area contributed by atoms with Crippen LogP contribution in [0.15, 0.2) is 34.5 Å². The van der Waals surface area contributed by atoms with Crippen molar-refractivity contribution in [1.29, 1.82) is 0 Å². The van der Waals surface area contributed by atoms with Crippen LogP contribution in [0.5, 0.6) is 11.5 Å². The molecule has 0 aromatic heterocycles. The smallest absolute Gasteiger partial charge is 0.336 e. The summed E-state index contributed by atoms with van der Waals surface area (Å²) >= 11 is 0. The number of nitrogens with zero attached hydrogens (tertiary/aromatic N) is 1. The van der Waals surface area contributed by atoms with Gasteiger partial charge in [-0.3, -0.25) is 9.79 Å². The second-order valence-corrected chi connectivity index (χ2v) is 8.89. The lowest BCUT2D eigenvalue weighted by molar-refractivity contribution is -0.146. The van der Waals surface area contributed by atoms with Crippen molar-refractivity contribution in [2.45, 2.75) is 77.2 Å². The molecule has 1 aliphatic heterocycles. The molecule has 0 radical (unpaired) electrons. The minimum atomic E-state index is -0.427. The maximum atomic E-state index is 13.4. The first-order valence-corrected chi connectivity index (χ1v) is 11.9. The van der Waals surface area contributed by atoms with E-state index in [0.29, 0.717) is 35.8 Å². The zero-order valence-corrected chi connectivity index (χ0v) is 19.3. The zero-order chi connectivity index (χ0) is 22.7. The average Bonchev–Trinajstić information content (AvgIpc) is 2.79.